The lowest BCUT2D eigenvalue weighted by atomic mass is 10.4. The SMILES string of the molecule is C=S1(=O)CCN(CCNC(C)=O)CC1. The van der Waals surface area contributed by atoms with Gasteiger partial charge in [0.25, 0.3) is 0 Å². The lowest BCUT2D eigenvalue weighted by Gasteiger charge is -2.28. The molecule has 0 radical (unpaired) electrons. The predicted molar refractivity (Wildman–Crippen MR) is 60.1 cm³/mol. The maximum atomic E-state index is 11.5. The van der Waals surface area contributed by atoms with Gasteiger partial charge < -0.3 is 5.32 Å². The standard InChI is InChI=1S/C9H18N2O2S/c1-9(12)10-3-4-11-5-7-14(2,13)8-6-11/h2-8H2,1H3,(H,10,12). The number of rotatable bonds is 3. The molecule has 1 saturated heterocycles. The zero-order chi connectivity index (χ0) is 10.6. The van der Waals surface area contributed by atoms with Crippen LogP contribution in [0.4, 0.5) is 0 Å². The van der Waals surface area contributed by atoms with Gasteiger partial charge in [0.2, 0.25) is 5.91 Å². The molecule has 0 aromatic heterocycles. The molecule has 1 fully saturated rings. The predicted octanol–water partition coefficient (Wildman–Crippen LogP) is -0.845. The lowest BCUT2D eigenvalue weighted by Crippen LogP contribution is -2.43. The molecule has 14 heavy (non-hydrogen) atoms. The minimum atomic E-state index is -1.79. The van der Waals surface area contributed by atoms with Crippen LogP contribution in [-0.2, 0) is 14.3 Å². The summed E-state index contributed by atoms with van der Waals surface area (Å²) in [5.41, 5.74) is 0. The van der Waals surface area contributed by atoms with E-state index in [1.165, 1.54) is 6.92 Å². The first kappa shape index (κ1) is 11.5. The van der Waals surface area contributed by atoms with Crippen LogP contribution in [0.25, 0.3) is 0 Å². The van der Waals surface area contributed by atoms with Crippen molar-refractivity contribution in [2.24, 2.45) is 0 Å². The van der Waals surface area contributed by atoms with E-state index in [-0.39, 0.29) is 5.91 Å². The number of hydrogen-bond acceptors (Lipinski definition) is 3. The summed E-state index contributed by atoms with van der Waals surface area (Å²) in [7, 11) is -1.79. The van der Waals surface area contributed by atoms with Gasteiger partial charge in [-0.05, 0) is 15.4 Å². The summed E-state index contributed by atoms with van der Waals surface area (Å²) < 4.78 is 11.5. The zero-order valence-corrected chi connectivity index (χ0v) is 9.44. The van der Waals surface area contributed by atoms with Crippen molar-refractivity contribution < 1.29 is 9.00 Å². The number of amides is 1. The summed E-state index contributed by atoms with van der Waals surface area (Å²) in [5.74, 6) is 5.08. The van der Waals surface area contributed by atoms with Gasteiger partial charge in [-0.15, -0.1) is 0 Å². The zero-order valence-electron chi connectivity index (χ0n) is 8.62. The second-order valence-electron chi connectivity index (χ2n) is 3.70. The third kappa shape index (κ3) is 4.11. The number of carbonyl (C=O) groups excluding carboxylic acids is 1. The van der Waals surface area contributed by atoms with E-state index in [1.54, 1.807) is 0 Å². The molecule has 0 bridgehead atoms. The molecule has 1 amide bonds. The Morgan fingerprint density at radius 2 is 2.07 bits per heavy atom. The summed E-state index contributed by atoms with van der Waals surface area (Å²) >= 11 is 0. The van der Waals surface area contributed by atoms with Crippen molar-refractivity contribution in [1.82, 2.24) is 10.2 Å². The number of carbonyl (C=O) groups is 1. The Labute approximate surface area is 85.7 Å². The Morgan fingerprint density at radius 1 is 1.50 bits per heavy atom. The molecule has 0 aliphatic carbocycles. The van der Waals surface area contributed by atoms with Crippen LogP contribution >= 0.6 is 0 Å². The van der Waals surface area contributed by atoms with Crippen molar-refractivity contribution in [2.45, 2.75) is 6.92 Å². The molecule has 82 valence electrons. The summed E-state index contributed by atoms with van der Waals surface area (Å²) in [6.45, 7) is 4.70. The van der Waals surface area contributed by atoms with Crippen molar-refractivity contribution in [3.63, 3.8) is 0 Å². The van der Waals surface area contributed by atoms with Gasteiger partial charge in [-0.25, -0.2) is 0 Å². The van der Waals surface area contributed by atoms with Crippen molar-refractivity contribution in [3.8, 4) is 0 Å². The van der Waals surface area contributed by atoms with E-state index in [9.17, 15) is 9.00 Å². The third-order valence-corrected chi connectivity index (χ3v) is 4.21. The minimum absolute atomic E-state index is 0.00274. The molecular formula is C9H18N2O2S. The smallest absolute Gasteiger partial charge is 0.216 e. The van der Waals surface area contributed by atoms with E-state index in [0.29, 0.717) is 18.1 Å². The van der Waals surface area contributed by atoms with Gasteiger partial charge in [-0.1, -0.05) is 0 Å². The highest BCUT2D eigenvalue weighted by molar-refractivity contribution is 8.00. The van der Waals surface area contributed by atoms with Gasteiger partial charge in [-0.3, -0.25) is 13.9 Å². The highest BCUT2D eigenvalue weighted by atomic mass is 32.2. The second-order valence-corrected chi connectivity index (χ2v) is 6.45. The number of hydrogen-bond donors (Lipinski definition) is 1. The van der Waals surface area contributed by atoms with E-state index in [1.807, 2.05) is 0 Å². The van der Waals surface area contributed by atoms with Crippen LogP contribution in [0.2, 0.25) is 0 Å². The summed E-state index contributed by atoms with van der Waals surface area (Å²) in [6.07, 6.45) is 0. The van der Waals surface area contributed by atoms with Gasteiger partial charge >= 0.3 is 0 Å². The summed E-state index contributed by atoms with van der Waals surface area (Å²) in [6, 6.07) is 0. The van der Waals surface area contributed by atoms with Crippen LogP contribution in [0, 0.1) is 0 Å². The summed E-state index contributed by atoms with van der Waals surface area (Å²) in [5, 5.41) is 2.75. The van der Waals surface area contributed by atoms with Gasteiger partial charge in [-0.2, -0.15) is 0 Å². The van der Waals surface area contributed by atoms with Gasteiger partial charge in [0, 0.05) is 44.6 Å². The van der Waals surface area contributed by atoms with Crippen molar-refractivity contribution >= 4 is 21.3 Å². The van der Waals surface area contributed by atoms with Gasteiger partial charge in [0.05, 0.1) is 0 Å². The molecule has 1 rings (SSSR count). The molecule has 0 aromatic carbocycles. The first-order valence-electron chi connectivity index (χ1n) is 4.79. The molecular weight excluding hydrogens is 200 g/mol. The molecule has 0 aromatic rings. The van der Waals surface area contributed by atoms with E-state index in [2.05, 4.69) is 16.1 Å². The Balaban J connectivity index is 2.19. The second kappa shape index (κ2) is 4.79. The molecule has 0 saturated carbocycles. The Kier molecular flexibility index (Phi) is 3.95. The molecule has 4 nitrogen and oxygen atoms in total. The Hall–Kier alpha value is -0.550. The van der Waals surface area contributed by atoms with Crippen LogP contribution in [0.3, 0.4) is 0 Å². The van der Waals surface area contributed by atoms with Crippen LogP contribution in [0.5, 0.6) is 0 Å². The quantitative estimate of drug-likeness (QED) is 0.628. The Morgan fingerprint density at radius 3 is 2.57 bits per heavy atom. The molecule has 1 heterocycles. The number of nitrogens with zero attached hydrogens (tertiary/aromatic N) is 1. The fraction of sp³-hybridized carbons (Fsp3) is 0.778. The maximum absolute atomic E-state index is 11.5. The normalized spacial score (nSPS) is 21.8. The van der Waals surface area contributed by atoms with Crippen LogP contribution < -0.4 is 5.32 Å². The average Bonchev–Trinajstić information content (AvgIpc) is 2.07. The minimum Gasteiger partial charge on any atom is -0.355 e. The molecule has 1 aliphatic heterocycles. The highest BCUT2D eigenvalue weighted by Crippen LogP contribution is 2.02. The monoisotopic (exact) mass is 218 g/mol. The van der Waals surface area contributed by atoms with Crippen molar-refractivity contribution in [2.75, 3.05) is 37.7 Å². The summed E-state index contributed by atoms with van der Waals surface area (Å²) in [4.78, 5) is 12.8. The average molecular weight is 218 g/mol. The fourth-order valence-corrected chi connectivity index (χ4v) is 2.80. The molecule has 1 N–H and O–H groups in total. The van der Waals surface area contributed by atoms with Crippen LogP contribution in [-0.4, -0.2) is 58.6 Å². The lowest BCUT2D eigenvalue weighted by molar-refractivity contribution is -0.119. The molecule has 5 heteroatoms. The maximum Gasteiger partial charge on any atom is 0.216 e. The van der Waals surface area contributed by atoms with Crippen molar-refractivity contribution in [1.29, 1.82) is 0 Å². The third-order valence-electron chi connectivity index (χ3n) is 2.36. The first-order chi connectivity index (χ1) is 6.49. The van der Waals surface area contributed by atoms with E-state index >= 15 is 0 Å². The number of nitrogens with one attached hydrogen (secondary N) is 1. The highest BCUT2D eigenvalue weighted by Gasteiger charge is 2.16. The fourth-order valence-electron chi connectivity index (χ4n) is 1.42. The molecule has 1 aliphatic rings. The molecule has 0 spiro atoms. The van der Waals surface area contributed by atoms with Gasteiger partial charge in [0.1, 0.15) is 0 Å². The largest absolute Gasteiger partial charge is 0.355 e. The van der Waals surface area contributed by atoms with Crippen molar-refractivity contribution in [3.05, 3.63) is 0 Å². The van der Waals surface area contributed by atoms with E-state index in [4.69, 9.17) is 0 Å². The van der Waals surface area contributed by atoms with Gasteiger partial charge in [0.15, 0.2) is 0 Å². The first-order valence-corrected chi connectivity index (χ1v) is 6.85. The van der Waals surface area contributed by atoms with Crippen LogP contribution in [0.15, 0.2) is 0 Å². The topological polar surface area (TPSA) is 49.4 Å². The molecule has 0 atom stereocenters. The van der Waals surface area contributed by atoms with Crippen LogP contribution in [0.1, 0.15) is 6.92 Å². The van der Waals surface area contributed by atoms with E-state index < -0.39 is 9.52 Å². The Bertz CT molecular complexity index is 284. The molecule has 0 unspecified atom stereocenters. The van der Waals surface area contributed by atoms with E-state index in [0.717, 1.165) is 19.6 Å².